The van der Waals surface area contributed by atoms with Crippen molar-refractivity contribution < 1.29 is 9.53 Å². The summed E-state index contributed by atoms with van der Waals surface area (Å²) in [5, 5.41) is 15.4. The molecule has 0 unspecified atom stereocenters. The van der Waals surface area contributed by atoms with Crippen molar-refractivity contribution in [2.45, 2.75) is 51.3 Å². The smallest absolute Gasteiger partial charge is 0.223 e. The summed E-state index contributed by atoms with van der Waals surface area (Å²) in [6, 6.07) is 9.53. The van der Waals surface area contributed by atoms with Crippen LogP contribution in [0.1, 0.15) is 43.7 Å². The van der Waals surface area contributed by atoms with Crippen LogP contribution in [0, 0.1) is 17.2 Å². The third-order valence-electron chi connectivity index (χ3n) is 5.11. The van der Waals surface area contributed by atoms with Gasteiger partial charge < -0.3 is 15.4 Å². The predicted octanol–water partition coefficient (Wildman–Crippen LogP) is 3.04. The Morgan fingerprint density at radius 1 is 1.31 bits per heavy atom. The Balaban J connectivity index is 1.58. The lowest BCUT2D eigenvalue weighted by Crippen LogP contribution is -2.45. The number of nitriles is 1. The van der Waals surface area contributed by atoms with E-state index in [4.69, 9.17) is 10.00 Å². The summed E-state index contributed by atoms with van der Waals surface area (Å²) in [4.78, 5) is 21.1. The summed E-state index contributed by atoms with van der Waals surface area (Å²) in [5.41, 5.74) is 1.52. The Hall–Kier alpha value is -2.98. The van der Waals surface area contributed by atoms with E-state index >= 15 is 0 Å². The molecule has 0 aliphatic heterocycles. The van der Waals surface area contributed by atoms with Gasteiger partial charge in [-0.25, -0.2) is 4.98 Å². The third-order valence-corrected chi connectivity index (χ3v) is 5.11. The Labute approximate surface area is 171 Å². The van der Waals surface area contributed by atoms with Gasteiger partial charge >= 0.3 is 0 Å². The lowest BCUT2D eigenvalue weighted by atomic mass is 9.83. The number of rotatable bonds is 8. The molecular formula is C22H27N5O2. The molecule has 1 amide bonds. The van der Waals surface area contributed by atoms with E-state index in [1.807, 2.05) is 18.2 Å². The standard InChI is InChI=1S/C22H27N5O2/c1-2-10-29-20-11-18(22(28)26-15-17-4-3-9-24-13-17)6-7-19(20)27-21-8-5-16(12-23)14-25-21/h3-5,8-9,13-14,18-20H,2,6-7,10-11,15H2,1H3,(H,25,27)(H,26,28)/t18-,19-,20-/m0/s1. The number of hydrogen-bond acceptors (Lipinski definition) is 6. The minimum absolute atomic E-state index is 0.0599. The van der Waals surface area contributed by atoms with Crippen molar-refractivity contribution >= 4 is 11.7 Å². The highest BCUT2D eigenvalue weighted by Crippen LogP contribution is 2.29. The van der Waals surface area contributed by atoms with Crippen LogP contribution >= 0.6 is 0 Å². The van der Waals surface area contributed by atoms with E-state index in [0.717, 1.165) is 30.6 Å². The molecule has 152 valence electrons. The van der Waals surface area contributed by atoms with E-state index in [0.29, 0.717) is 25.1 Å². The maximum atomic E-state index is 12.7. The lowest BCUT2D eigenvalue weighted by molar-refractivity contribution is -0.128. The highest BCUT2D eigenvalue weighted by molar-refractivity contribution is 5.78. The molecule has 7 nitrogen and oxygen atoms in total. The minimum atomic E-state index is -0.0690. The van der Waals surface area contributed by atoms with Crippen molar-refractivity contribution in [3.8, 4) is 6.07 Å². The first-order valence-corrected chi connectivity index (χ1v) is 10.1. The van der Waals surface area contributed by atoms with Crippen LogP contribution in [0.4, 0.5) is 5.82 Å². The zero-order chi connectivity index (χ0) is 20.5. The number of carbonyl (C=O) groups excluding carboxylic acids is 1. The second-order valence-electron chi connectivity index (χ2n) is 7.29. The maximum absolute atomic E-state index is 12.7. The molecule has 3 rings (SSSR count). The number of aromatic nitrogens is 2. The molecule has 1 aliphatic rings. The molecule has 1 aliphatic carbocycles. The SMILES string of the molecule is CCCO[C@H]1C[C@@H](C(=O)NCc2cccnc2)CC[C@@H]1Nc1ccc(C#N)cn1. The molecule has 1 fully saturated rings. The normalized spacial score (nSPS) is 21.2. The van der Waals surface area contributed by atoms with E-state index in [9.17, 15) is 4.79 Å². The number of nitrogens with zero attached hydrogens (tertiary/aromatic N) is 3. The van der Waals surface area contributed by atoms with Crippen LogP contribution in [0.3, 0.4) is 0 Å². The minimum Gasteiger partial charge on any atom is -0.376 e. The highest BCUT2D eigenvalue weighted by Gasteiger charge is 2.34. The van der Waals surface area contributed by atoms with Crippen molar-refractivity contribution in [2.24, 2.45) is 5.92 Å². The molecule has 0 spiro atoms. The van der Waals surface area contributed by atoms with E-state index in [-0.39, 0.29) is 24.0 Å². The first-order valence-electron chi connectivity index (χ1n) is 10.1. The average Bonchev–Trinajstić information content (AvgIpc) is 2.78. The van der Waals surface area contributed by atoms with E-state index < -0.39 is 0 Å². The quantitative estimate of drug-likeness (QED) is 0.715. The number of hydrogen-bond donors (Lipinski definition) is 2. The molecule has 2 aromatic heterocycles. The van der Waals surface area contributed by atoms with Crippen LogP contribution in [0.5, 0.6) is 0 Å². The Morgan fingerprint density at radius 2 is 2.21 bits per heavy atom. The molecule has 0 radical (unpaired) electrons. The second-order valence-corrected chi connectivity index (χ2v) is 7.29. The molecule has 0 bridgehead atoms. The van der Waals surface area contributed by atoms with Gasteiger partial charge in [0, 0.05) is 37.7 Å². The molecule has 3 atom stereocenters. The maximum Gasteiger partial charge on any atom is 0.223 e. The lowest BCUT2D eigenvalue weighted by Gasteiger charge is -2.36. The largest absolute Gasteiger partial charge is 0.376 e. The summed E-state index contributed by atoms with van der Waals surface area (Å²) in [6.45, 7) is 3.22. The van der Waals surface area contributed by atoms with Gasteiger partial charge in [0.1, 0.15) is 11.9 Å². The molecule has 0 aromatic carbocycles. The van der Waals surface area contributed by atoms with Crippen LogP contribution in [0.15, 0.2) is 42.9 Å². The van der Waals surface area contributed by atoms with Gasteiger partial charge in [-0.05, 0) is 49.4 Å². The Morgan fingerprint density at radius 3 is 2.90 bits per heavy atom. The number of ether oxygens (including phenoxy) is 1. The van der Waals surface area contributed by atoms with Crippen LogP contribution in [0.2, 0.25) is 0 Å². The van der Waals surface area contributed by atoms with Crippen molar-refractivity contribution in [1.82, 2.24) is 15.3 Å². The fourth-order valence-corrected chi connectivity index (χ4v) is 3.56. The molecular weight excluding hydrogens is 366 g/mol. The number of nitrogens with one attached hydrogen (secondary N) is 2. The van der Waals surface area contributed by atoms with Gasteiger partial charge in [0.2, 0.25) is 5.91 Å². The molecule has 29 heavy (non-hydrogen) atoms. The topological polar surface area (TPSA) is 99.9 Å². The van der Waals surface area contributed by atoms with Crippen LogP contribution < -0.4 is 10.6 Å². The Bertz CT molecular complexity index is 819. The van der Waals surface area contributed by atoms with Gasteiger partial charge in [-0.15, -0.1) is 0 Å². The third kappa shape index (κ3) is 6.00. The molecule has 2 N–H and O–H groups in total. The first kappa shape index (κ1) is 20.7. The average molecular weight is 393 g/mol. The summed E-state index contributed by atoms with van der Waals surface area (Å²) in [6.07, 6.45) is 8.19. The van der Waals surface area contributed by atoms with Crippen molar-refractivity contribution in [2.75, 3.05) is 11.9 Å². The molecule has 0 saturated heterocycles. The zero-order valence-corrected chi connectivity index (χ0v) is 16.7. The number of pyridine rings is 2. The summed E-state index contributed by atoms with van der Waals surface area (Å²) < 4.78 is 6.07. The van der Waals surface area contributed by atoms with Gasteiger partial charge in [0.25, 0.3) is 0 Å². The molecule has 7 heteroatoms. The number of carbonyl (C=O) groups is 1. The fourth-order valence-electron chi connectivity index (χ4n) is 3.56. The Kier molecular flexibility index (Phi) is 7.54. The van der Waals surface area contributed by atoms with Crippen molar-refractivity contribution in [3.63, 3.8) is 0 Å². The van der Waals surface area contributed by atoms with Crippen molar-refractivity contribution in [1.29, 1.82) is 5.26 Å². The second kappa shape index (κ2) is 10.5. The van der Waals surface area contributed by atoms with Crippen LogP contribution in [-0.2, 0) is 16.1 Å². The number of anilines is 1. The first-order chi connectivity index (χ1) is 14.2. The van der Waals surface area contributed by atoms with Crippen LogP contribution in [0.25, 0.3) is 0 Å². The van der Waals surface area contributed by atoms with E-state index in [1.165, 1.54) is 0 Å². The van der Waals surface area contributed by atoms with Gasteiger partial charge in [-0.2, -0.15) is 5.26 Å². The molecule has 2 aromatic rings. The monoisotopic (exact) mass is 393 g/mol. The van der Waals surface area contributed by atoms with Gasteiger partial charge in [0.05, 0.1) is 17.7 Å². The highest BCUT2D eigenvalue weighted by atomic mass is 16.5. The van der Waals surface area contributed by atoms with E-state index in [2.05, 4.69) is 33.6 Å². The van der Waals surface area contributed by atoms with Gasteiger partial charge in [-0.3, -0.25) is 9.78 Å². The summed E-state index contributed by atoms with van der Waals surface area (Å²) in [7, 11) is 0. The molecule has 1 saturated carbocycles. The van der Waals surface area contributed by atoms with E-state index in [1.54, 1.807) is 24.7 Å². The molecule has 2 heterocycles. The summed E-state index contributed by atoms with van der Waals surface area (Å²) in [5.74, 6) is 0.716. The van der Waals surface area contributed by atoms with Gasteiger partial charge in [0.15, 0.2) is 0 Å². The summed E-state index contributed by atoms with van der Waals surface area (Å²) >= 11 is 0. The predicted molar refractivity (Wildman–Crippen MR) is 110 cm³/mol. The fraction of sp³-hybridized carbons (Fsp3) is 0.455. The van der Waals surface area contributed by atoms with Gasteiger partial charge in [-0.1, -0.05) is 13.0 Å². The van der Waals surface area contributed by atoms with Crippen molar-refractivity contribution in [3.05, 3.63) is 54.0 Å². The number of amides is 1. The zero-order valence-electron chi connectivity index (χ0n) is 16.7. The van der Waals surface area contributed by atoms with Crippen LogP contribution in [-0.4, -0.2) is 34.6 Å².